The summed E-state index contributed by atoms with van der Waals surface area (Å²) in [5.41, 5.74) is 1.16. The van der Waals surface area contributed by atoms with Crippen LogP contribution in [0, 0.1) is 5.92 Å². The molecule has 0 spiro atoms. The number of carboxylic acid groups (broad SMARTS) is 1. The molecule has 1 unspecified atom stereocenters. The Hall–Kier alpha value is -1.14. The van der Waals surface area contributed by atoms with Gasteiger partial charge in [0.05, 0.1) is 12.2 Å². The van der Waals surface area contributed by atoms with Crippen molar-refractivity contribution in [1.29, 1.82) is 0 Å². The van der Waals surface area contributed by atoms with Gasteiger partial charge in [0.25, 0.3) is 0 Å². The third-order valence-electron chi connectivity index (χ3n) is 3.40. The molecule has 1 aliphatic heterocycles. The van der Waals surface area contributed by atoms with Crippen molar-refractivity contribution in [2.75, 3.05) is 31.1 Å². The van der Waals surface area contributed by atoms with Gasteiger partial charge < -0.3 is 15.3 Å². The molecule has 5 nitrogen and oxygen atoms in total. The van der Waals surface area contributed by atoms with Gasteiger partial charge >= 0.3 is 5.97 Å². The van der Waals surface area contributed by atoms with E-state index < -0.39 is 5.97 Å². The van der Waals surface area contributed by atoms with Gasteiger partial charge in [0.1, 0.15) is 0 Å². The van der Waals surface area contributed by atoms with Crippen LogP contribution in [0.3, 0.4) is 0 Å². The topological polar surface area (TPSA) is 65.5 Å². The van der Waals surface area contributed by atoms with Crippen LogP contribution in [0.15, 0.2) is 5.38 Å². The van der Waals surface area contributed by atoms with E-state index in [0.29, 0.717) is 5.92 Å². The Balaban J connectivity index is 1.84. The second-order valence-electron chi connectivity index (χ2n) is 4.95. The number of aromatic nitrogens is 1. The van der Waals surface area contributed by atoms with Crippen molar-refractivity contribution in [2.45, 2.75) is 26.2 Å². The molecular weight excluding hydrogens is 262 g/mol. The number of nitrogens with zero attached hydrogens (tertiary/aromatic N) is 2. The van der Waals surface area contributed by atoms with E-state index in [4.69, 9.17) is 5.11 Å². The van der Waals surface area contributed by atoms with Gasteiger partial charge in [-0.3, -0.25) is 4.79 Å². The Morgan fingerprint density at radius 1 is 1.68 bits per heavy atom. The van der Waals surface area contributed by atoms with Crippen molar-refractivity contribution in [2.24, 2.45) is 5.92 Å². The Labute approximate surface area is 117 Å². The van der Waals surface area contributed by atoms with E-state index in [2.05, 4.69) is 27.5 Å². The van der Waals surface area contributed by atoms with Crippen LogP contribution in [0.2, 0.25) is 0 Å². The van der Waals surface area contributed by atoms with E-state index in [1.54, 1.807) is 11.3 Å². The average molecular weight is 283 g/mol. The zero-order valence-corrected chi connectivity index (χ0v) is 12.1. The molecule has 19 heavy (non-hydrogen) atoms. The zero-order chi connectivity index (χ0) is 13.7. The van der Waals surface area contributed by atoms with Crippen LogP contribution >= 0.6 is 11.3 Å². The Kier molecular flexibility index (Phi) is 5.15. The highest BCUT2D eigenvalue weighted by molar-refractivity contribution is 7.13. The number of aryl methyl sites for hydroxylation is 1. The normalized spacial score (nSPS) is 19.6. The number of hydrogen-bond acceptors (Lipinski definition) is 5. The molecule has 2 heterocycles. The lowest BCUT2D eigenvalue weighted by atomic mass is 9.98. The van der Waals surface area contributed by atoms with Crippen LogP contribution in [0.1, 0.15) is 25.5 Å². The van der Waals surface area contributed by atoms with Crippen LogP contribution in [0.5, 0.6) is 0 Å². The maximum absolute atomic E-state index is 10.5. The Morgan fingerprint density at radius 3 is 3.21 bits per heavy atom. The quantitative estimate of drug-likeness (QED) is 0.830. The van der Waals surface area contributed by atoms with Gasteiger partial charge in [-0.15, -0.1) is 11.3 Å². The molecule has 0 saturated carbocycles. The molecule has 1 fully saturated rings. The minimum atomic E-state index is -0.792. The lowest BCUT2D eigenvalue weighted by molar-refractivity contribution is -0.136. The third kappa shape index (κ3) is 4.18. The fraction of sp³-hybridized carbons (Fsp3) is 0.692. The molecule has 6 heteroatoms. The molecule has 0 bridgehead atoms. The number of rotatable bonds is 6. The van der Waals surface area contributed by atoms with Crippen LogP contribution in [-0.4, -0.2) is 42.2 Å². The fourth-order valence-electron chi connectivity index (χ4n) is 2.39. The SMILES string of the molecule is CCc1csc(N2CCCC(CNCC(=O)O)C2)n1. The summed E-state index contributed by atoms with van der Waals surface area (Å²) in [4.78, 5) is 17.4. The highest BCUT2D eigenvalue weighted by Gasteiger charge is 2.21. The summed E-state index contributed by atoms with van der Waals surface area (Å²) in [6.07, 6.45) is 3.30. The minimum Gasteiger partial charge on any atom is -0.480 e. The summed E-state index contributed by atoms with van der Waals surface area (Å²) < 4.78 is 0. The first-order chi connectivity index (χ1) is 9.19. The van der Waals surface area contributed by atoms with Crippen molar-refractivity contribution in [1.82, 2.24) is 10.3 Å². The predicted molar refractivity (Wildman–Crippen MR) is 76.9 cm³/mol. The first-order valence-electron chi connectivity index (χ1n) is 6.81. The van der Waals surface area contributed by atoms with E-state index in [0.717, 1.165) is 49.7 Å². The van der Waals surface area contributed by atoms with Crippen LogP contribution < -0.4 is 10.2 Å². The monoisotopic (exact) mass is 283 g/mol. The van der Waals surface area contributed by atoms with Gasteiger partial charge in [-0.25, -0.2) is 4.98 Å². The highest BCUT2D eigenvalue weighted by Crippen LogP contribution is 2.26. The van der Waals surface area contributed by atoms with Gasteiger partial charge in [-0.2, -0.15) is 0 Å². The van der Waals surface area contributed by atoms with Crippen LogP contribution in [0.25, 0.3) is 0 Å². The molecule has 1 aromatic rings. The molecule has 1 saturated heterocycles. The van der Waals surface area contributed by atoms with E-state index in [9.17, 15) is 4.79 Å². The van der Waals surface area contributed by atoms with Crippen molar-refractivity contribution in [3.63, 3.8) is 0 Å². The molecule has 0 amide bonds. The molecule has 106 valence electrons. The summed E-state index contributed by atoms with van der Waals surface area (Å²) >= 11 is 1.71. The van der Waals surface area contributed by atoms with E-state index in [-0.39, 0.29) is 6.54 Å². The molecule has 2 N–H and O–H groups in total. The molecule has 1 atom stereocenters. The first-order valence-corrected chi connectivity index (χ1v) is 7.69. The van der Waals surface area contributed by atoms with Gasteiger partial charge in [-0.1, -0.05) is 6.92 Å². The third-order valence-corrected chi connectivity index (χ3v) is 4.35. The van der Waals surface area contributed by atoms with E-state index >= 15 is 0 Å². The molecule has 1 aromatic heterocycles. The van der Waals surface area contributed by atoms with Crippen LogP contribution in [0.4, 0.5) is 5.13 Å². The fourth-order valence-corrected chi connectivity index (χ4v) is 3.34. The number of carbonyl (C=O) groups is 1. The molecule has 0 aromatic carbocycles. The lowest BCUT2D eigenvalue weighted by Gasteiger charge is -2.32. The Bertz CT molecular complexity index is 422. The van der Waals surface area contributed by atoms with Crippen molar-refractivity contribution < 1.29 is 9.90 Å². The number of anilines is 1. The minimum absolute atomic E-state index is 0.0493. The number of hydrogen-bond donors (Lipinski definition) is 2. The zero-order valence-electron chi connectivity index (χ0n) is 11.3. The predicted octanol–water partition coefficient (Wildman–Crippen LogP) is 1.60. The lowest BCUT2D eigenvalue weighted by Crippen LogP contribution is -2.40. The second-order valence-corrected chi connectivity index (χ2v) is 5.79. The number of piperidine rings is 1. The standard InChI is InChI=1S/C13H21N3O2S/c1-2-11-9-19-13(15-11)16-5-3-4-10(8-16)6-14-7-12(17)18/h9-10,14H,2-8H2,1H3,(H,17,18). The molecular formula is C13H21N3O2S. The van der Waals surface area contributed by atoms with Crippen molar-refractivity contribution in [3.8, 4) is 0 Å². The van der Waals surface area contributed by atoms with Crippen molar-refractivity contribution >= 4 is 22.4 Å². The summed E-state index contributed by atoms with van der Waals surface area (Å²) in [5, 5.41) is 14.9. The molecule has 2 rings (SSSR count). The largest absolute Gasteiger partial charge is 0.480 e. The van der Waals surface area contributed by atoms with E-state index in [1.165, 1.54) is 0 Å². The summed E-state index contributed by atoms with van der Waals surface area (Å²) in [5.74, 6) is -0.276. The number of nitrogens with one attached hydrogen (secondary N) is 1. The Morgan fingerprint density at radius 2 is 2.53 bits per heavy atom. The van der Waals surface area contributed by atoms with Gasteiger partial charge in [-0.05, 0) is 25.2 Å². The number of aliphatic carboxylic acids is 1. The smallest absolute Gasteiger partial charge is 0.317 e. The average Bonchev–Trinajstić information content (AvgIpc) is 2.87. The second kappa shape index (κ2) is 6.86. The van der Waals surface area contributed by atoms with Crippen LogP contribution in [-0.2, 0) is 11.2 Å². The summed E-state index contributed by atoms with van der Waals surface area (Å²) in [6, 6.07) is 0. The maximum Gasteiger partial charge on any atom is 0.317 e. The van der Waals surface area contributed by atoms with E-state index in [1.807, 2.05) is 0 Å². The summed E-state index contributed by atoms with van der Waals surface area (Å²) in [7, 11) is 0. The first kappa shape index (κ1) is 14.3. The van der Waals surface area contributed by atoms with Gasteiger partial charge in [0.2, 0.25) is 0 Å². The maximum atomic E-state index is 10.5. The van der Waals surface area contributed by atoms with Crippen molar-refractivity contribution in [3.05, 3.63) is 11.1 Å². The van der Waals surface area contributed by atoms with Gasteiger partial charge in [0, 0.05) is 25.0 Å². The number of carboxylic acids is 1. The summed E-state index contributed by atoms with van der Waals surface area (Å²) in [6.45, 7) is 4.98. The molecule has 1 aliphatic rings. The number of thiazole rings is 1. The molecule has 0 aliphatic carbocycles. The van der Waals surface area contributed by atoms with Gasteiger partial charge in [0.15, 0.2) is 5.13 Å². The highest BCUT2D eigenvalue weighted by atomic mass is 32.1. The molecule has 0 radical (unpaired) electrons.